The number of thiol groups is 1. The second kappa shape index (κ2) is 2.77. The zero-order valence-electron chi connectivity index (χ0n) is 5.98. The fourth-order valence-electron chi connectivity index (χ4n) is 0.985. The molecule has 4 heteroatoms. The Kier molecular flexibility index (Phi) is 1.75. The van der Waals surface area contributed by atoms with Gasteiger partial charge in [0.25, 0.3) is 0 Å². The maximum absolute atomic E-state index is 8.61. The van der Waals surface area contributed by atoms with E-state index in [1.165, 1.54) is 11.3 Å². The Morgan fingerprint density at radius 2 is 2.33 bits per heavy atom. The molecular formula is C8H4N2S2. The number of nitriles is 1. The molecule has 1 heterocycles. The van der Waals surface area contributed by atoms with E-state index in [-0.39, 0.29) is 0 Å². The molecule has 0 fully saturated rings. The largest absolute Gasteiger partial charge is 0.230 e. The molecule has 2 rings (SSSR count). The molecule has 0 aliphatic heterocycles. The van der Waals surface area contributed by atoms with Gasteiger partial charge < -0.3 is 0 Å². The molecule has 0 aliphatic carbocycles. The third kappa shape index (κ3) is 1.17. The normalized spacial score (nSPS) is 10.0. The van der Waals surface area contributed by atoms with Crippen LogP contribution in [0.15, 0.2) is 22.5 Å². The van der Waals surface area contributed by atoms with Crippen LogP contribution in [0.1, 0.15) is 5.56 Å². The molecule has 0 N–H and O–H groups in total. The van der Waals surface area contributed by atoms with E-state index in [2.05, 4.69) is 23.7 Å². The van der Waals surface area contributed by atoms with Gasteiger partial charge in [-0.3, -0.25) is 0 Å². The fourth-order valence-corrected chi connectivity index (χ4v) is 2.07. The highest BCUT2D eigenvalue weighted by Gasteiger charge is 2.00. The van der Waals surface area contributed by atoms with E-state index in [0.717, 1.165) is 14.6 Å². The molecule has 1 aromatic carbocycles. The van der Waals surface area contributed by atoms with E-state index < -0.39 is 0 Å². The molecule has 0 bridgehead atoms. The Morgan fingerprint density at radius 3 is 3.08 bits per heavy atom. The first-order valence-corrected chi connectivity index (χ1v) is 4.55. The molecule has 0 saturated heterocycles. The number of nitrogens with zero attached hydrogens (tertiary/aromatic N) is 2. The number of aromatic nitrogens is 1. The van der Waals surface area contributed by atoms with Crippen molar-refractivity contribution in [2.75, 3.05) is 0 Å². The van der Waals surface area contributed by atoms with Crippen molar-refractivity contribution in [3.05, 3.63) is 23.8 Å². The van der Waals surface area contributed by atoms with Crippen LogP contribution in [0.5, 0.6) is 0 Å². The molecule has 0 atom stereocenters. The molecule has 0 spiro atoms. The van der Waals surface area contributed by atoms with Crippen LogP contribution in [-0.2, 0) is 0 Å². The SMILES string of the molecule is N#Cc1ccc2sc(S)nc2c1. The Balaban J connectivity index is 2.77. The summed E-state index contributed by atoms with van der Waals surface area (Å²) in [4.78, 5) is 4.15. The van der Waals surface area contributed by atoms with E-state index in [0.29, 0.717) is 5.56 Å². The van der Waals surface area contributed by atoms with Gasteiger partial charge in [0.2, 0.25) is 0 Å². The minimum Gasteiger partial charge on any atom is -0.230 e. The van der Waals surface area contributed by atoms with E-state index >= 15 is 0 Å². The van der Waals surface area contributed by atoms with E-state index in [4.69, 9.17) is 5.26 Å². The maximum atomic E-state index is 8.61. The van der Waals surface area contributed by atoms with Gasteiger partial charge in [-0.1, -0.05) is 0 Å². The van der Waals surface area contributed by atoms with Gasteiger partial charge in [-0.25, -0.2) is 4.98 Å². The average Bonchev–Trinajstić information content (AvgIpc) is 2.43. The predicted molar refractivity (Wildman–Crippen MR) is 51.6 cm³/mol. The minimum absolute atomic E-state index is 0.640. The second-order valence-corrected chi connectivity index (χ2v) is 4.05. The lowest BCUT2D eigenvalue weighted by Crippen LogP contribution is -1.72. The number of rotatable bonds is 0. The van der Waals surface area contributed by atoms with Crippen LogP contribution in [-0.4, -0.2) is 4.98 Å². The highest BCUT2D eigenvalue weighted by atomic mass is 32.2. The van der Waals surface area contributed by atoms with E-state index in [1.807, 2.05) is 6.07 Å². The molecule has 2 aromatic rings. The third-order valence-electron chi connectivity index (χ3n) is 1.51. The molecule has 0 amide bonds. The summed E-state index contributed by atoms with van der Waals surface area (Å²) in [5, 5.41) is 8.61. The summed E-state index contributed by atoms with van der Waals surface area (Å²) in [6.45, 7) is 0. The lowest BCUT2D eigenvalue weighted by molar-refractivity contribution is 1.31. The Labute approximate surface area is 78.9 Å². The summed E-state index contributed by atoms with van der Waals surface area (Å²) >= 11 is 5.65. The van der Waals surface area contributed by atoms with Crippen LogP contribution < -0.4 is 0 Å². The van der Waals surface area contributed by atoms with Gasteiger partial charge in [-0.2, -0.15) is 5.26 Å². The van der Waals surface area contributed by atoms with Crippen LogP contribution in [0, 0.1) is 11.3 Å². The quantitative estimate of drug-likeness (QED) is 0.651. The lowest BCUT2D eigenvalue weighted by Gasteiger charge is -1.86. The maximum Gasteiger partial charge on any atom is 0.148 e. The molecule has 0 radical (unpaired) electrons. The predicted octanol–water partition coefficient (Wildman–Crippen LogP) is 2.46. The number of thiazole rings is 1. The van der Waals surface area contributed by atoms with Gasteiger partial charge in [0.05, 0.1) is 21.8 Å². The van der Waals surface area contributed by atoms with Gasteiger partial charge in [-0.15, -0.1) is 24.0 Å². The highest BCUT2D eigenvalue weighted by Crippen LogP contribution is 2.24. The standard InChI is InChI=1S/C8H4N2S2/c9-4-5-1-2-7-6(3-5)10-8(11)12-7/h1-3H,(H,10,11). The third-order valence-corrected chi connectivity index (χ3v) is 2.72. The molecule has 0 aliphatic rings. The summed E-state index contributed by atoms with van der Waals surface area (Å²) in [6.07, 6.45) is 0. The monoisotopic (exact) mass is 192 g/mol. The summed E-state index contributed by atoms with van der Waals surface area (Å²) in [5.74, 6) is 0. The molecular weight excluding hydrogens is 188 g/mol. The van der Waals surface area contributed by atoms with Crippen molar-refractivity contribution in [3.8, 4) is 6.07 Å². The second-order valence-electron chi connectivity index (χ2n) is 2.29. The minimum atomic E-state index is 0.640. The number of hydrogen-bond donors (Lipinski definition) is 1. The van der Waals surface area contributed by atoms with Gasteiger partial charge in [0.15, 0.2) is 0 Å². The molecule has 58 valence electrons. The van der Waals surface area contributed by atoms with Crippen molar-refractivity contribution in [2.45, 2.75) is 4.34 Å². The first kappa shape index (κ1) is 7.59. The summed E-state index contributed by atoms with van der Waals surface area (Å²) < 4.78 is 1.80. The van der Waals surface area contributed by atoms with Crippen LogP contribution in [0.4, 0.5) is 0 Å². The Bertz CT molecular complexity index is 467. The van der Waals surface area contributed by atoms with Crippen molar-refractivity contribution in [3.63, 3.8) is 0 Å². The summed E-state index contributed by atoms with van der Waals surface area (Å²) in [6, 6.07) is 7.52. The molecule has 0 unspecified atom stereocenters. The summed E-state index contributed by atoms with van der Waals surface area (Å²) in [7, 11) is 0. The molecule has 12 heavy (non-hydrogen) atoms. The average molecular weight is 192 g/mol. The molecule has 2 nitrogen and oxygen atoms in total. The van der Waals surface area contributed by atoms with Crippen LogP contribution >= 0.6 is 24.0 Å². The topological polar surface area (TPSA) is 36.7 Å². The lowest BCUT2D eigenvalue weighted by atomic mass is 10.2. The summed E-state index contributed by atoms with van der Waals surface area (Å²) in [5.41, 5.74) is 1.49. The number of benzene rings is 1. The van der Waals surface area contributed by atoms with Crippen molar-refractivity contribution < 1.29 is 0 Å². The zero-order valence-corrected chi connectivity index (χ0v) is 7.69. The van der Waals surface area contributed by atoms with Gasteiger partial charge in [-0.05, 0) is 18.2 Å². The van der Waals surface area contributed by atoms with Crippen LogP contribution in [0.25, 0.3) is 10.2 Å². The van der Waals surface area contributed by atoms with Crippen molar-refractivity contribution in [2.24, 2.45) is 0 Å². The fraction of sp³-hybridized carbons (Fsp3) is 0. The number of fused-ring (bicyclic) bond motifs is 1. The van der Waals surface area contributed by atoms with Gasteiger partial charge >= 0.3 is 0 Å². The zero-order chi connectivity index (χ0) is 8.55. The molecule has 0 saturated carbocycles. The Hall–Kier alpha value is -1.05. The first-order valence-electron chi connectivity index (χ1n) is 3.29. The van der Waals surface area contributed by atoms with Crippen molar-refractivity contribution in [1.29, 1.82) is 5.26 Å². The Morgan fingerprint density at radius 1 is 1.50 bits per heavy atom. The number of hydrogen-bond acceptors (Lipinski definition) is 4. The van der Waals surface area contributed by atoms with Gasteiger partial charge in [0.1, 0.15) is 4.34 Å². The highest BCUT2D eigenvalue weighted by molar-refractivity contribution is 7.82. The van der Waals surface area contributed by atoms with Crippen molar-refractivity contribution in [1.82, 2.24) is 4.98 Å². The smallest absolute Gasteiger partial charge is 0.148 e. The van der Waals surface area contributed by atoms with Crippen LogP contribution in [0.3, 0.4) is 0 Å². The van der Waals surface area contributed by atoms with Gasteiger partial charge in [0, 0.05) is 0 Å². The van der Waals surface area contributed by atoms with E-state index in [1.54, 1.807) is 12.1 Å². The van der Waals surface area contributed by atoms with Crippen LogP contribution in [0.2, 0.25) is 0 Å². The van der Waals surface area contributed by atoms with E-state index in [9.17, 15) is 0 Å². The molecule has 1 aromatic heterocycles. The van der Waals surface area contributed by atoms with Crippen molar-refractivity contribution >= 4 is 34.2 Å². The first-order chi connectivity index (χ1) is 5.79.